The molecule has 0 aliphatic heterocycles. The van der Waals surface area contributed by atoms with Crippen LogP contribution in [-0.2, 0) is 0 Å². The molecule has 2 aromatic heterocycles. The fourth-order valence-electron chi connectivity index (χ4n) is 2.05. The van der Waals surface area contributed by atoms with Gasteiger partial charge in [0, 0.05) is 24.6 Å². The molecule has 1 amide bonds. The van der Waals surface area contributed by atoms with Gasteiger partial charge in [0.25, 0.3) is 5.91 Å². The third-order valence-electron chi connectivity index (χ3n) is 3.10. The summed E-state index contributed by atoms with van der Waals surface area (Å²) in [5.74, 6) is 0.371. The molecule has 0 unspecified atom stereocenters. The first-order valence-electron chi connectivity index (χ1n) is 6.91. The zero-order chi connectivity index (χ0) is 16.2. The summed E-state index contributed by atoms with van der Waals surface area (Å²) in [6.07, 6.45) is 4.91. The van der Waals surface area contributed by atoms with Crippen LogP contribution in [0, 0.1) is 0 Å². The number of carbonyl (C=O) groups excluding carboxylic acids is 1. The second kappa shape index (κ2) is 6.76. The summed E-state index contributed by atoms with van der Waals surface area (Å²) >= 11 is 3.36. The molecule has 8 heteroatoms. The molecule has 1 aromatic carbocycles. The fourth-order valence-corrected chi connectivity index (χ4v) is 2.44. The minimum absolute atomic E-state index is 0.252. The van der Waals surface area contributed by atoms with Crippen LogP contribution in [0.15, 0.2) is 47.5 Å². The summed E-state index contributed by atoms with van der Waals surface area (Å²) in [5.41, 5.74) is 6.76. The van der Waals surface area contributed by atoms with E-state index in [1.807, 2.05) is 0 Å². The van der Waals surface area contributed by atoms with E-state index in [-0.39, 0.29) is 11.6 Å². The third-order valence-corrected chi connectivity index (χ3v) is 3.68. The molecule has 3 N–H and O–H groups in total. The van der Waals surface area contributed by atoms with Crippen molar-refractivity contribution in [1.82, 2.24) is 14.4 Å². The Balaban J connectivity index is 1.78. The number of hydrogen-bond acceptors (Lipinski definition) is 5. The lowest BCUT2D eigenvalue weighted by Gasteiger charge is -2.08. The number of fused-ring (bicyclic) bond motifs is 1. The number of imidazole rings is 1. The number of rotatable bonds is 5. The lowest BCUT2D eigenvalue weighted by atomic mass is 10.3. The zero-order valence-electron chi connectivity index (χ0n) is 12.1. The largest absolute Gasteiger partial charge is 0.492 e. The smallest absolute Gasteiger partial charge is 0.278 e. The van der Waals surface area contributed by atoms with Gasteiger partial charge in [-0.25, -0.2) is 9.97 Å². The number of nitrogens with two attached hydrogens (primary N) is 1. The predicted molar refractivity (Wildman–Crippen MR) is 89.6 cm³/mol. The molecule has 0 radical (unpaired) electrons. The van der Waals surface area contributed by atoms with Crippen LogP contribution in [0.4, 0.5) is 5.69 Å². The Morgan fingerprint density at radius 3 is 2.83 bits per heavy atom. The van der Waals surface area contributed by atoms with E-state index in [1.165, 1.54) is 0 Å². The number of amides is 1. The number of hydrogen-bond donors (Lipinski definition) is 2. The highest BCUT2D eigenvalue weighted by Gasteiger charge is 2.15. The monoisotopic (exact) mass is 375 g/mol. The molecule has 0 saturated heterocycles. The van der Waals surface area contributed by atoms with Crippen LogP contribution in [0.1, 0.15) is 10.5 Å². The standard InChI is InChI=1S/C15H14BrN5O2/c16-12-9-19-14-13(18-6-7-21(12)14)15(22)20-10-1-3-11(4-2-10)23-8-5-17/h1-4,6-7,9H,5,8,17H2,(H,20,22). The fraction of sp³-hybridized carbons (Fsp3) is 0.133. The first kappa shape index (κ1) is 15.4. The van der Waals surface area contributed by atoms with E-state index < -0.39 is 0 Å². The Hall–Kier alpha value is -2.45. The summed E-state index contributed by atoms with van der Waals surface area (Å²) < 4.78 is 7.89. The Morgan fingerprint density at radius 2 is 2.09 bits per heavy atom. The van der Waals surface area contributed by atoms with Crippen LogP contribution in [0.25, 0.3) is 5.65 Å². The second-order valence-corrected chi connectivity index (χ2v) is 5.48. The van der Waals surface area contributed by atoms with Gasteiger partial charge in [-0.1, -0.05) is 0 Å². The normalized spacial score (nSPS) is 10.7. The maximum atomic E-state index is 12.4. The predicted octanol–water partition coefficient (Wildman–Crippen LogP) is 2.08. The van der Waals surface area contributed by atoms with Crippen molar-refractivity contribution in [2.45, 2.75) is 0 Å². The molecule has 3 rings (SSSR count). The van der Waals surface area contributed by atoms with Gasteiger partial charge in [0.05, 0.1) is 6.20 Å². The average molecular weight is 376 g/mol. The number of carbonyl (C=O) groups is 1. The van der Waals surface area contributed by atoms with Crippen molar-refractivity contribution >= 4 is 33.2 Å². The van der Waals surface area contributed by atoms with Gasteiger partial charge >= 0.3 is 0 Å². The summed E-state index contributed by atoms with van der Waals surface area (Å²) in [4.78, 5) is 20.7. The second-order valence-electron chi connectivity index (χ2n) is 4.67. The quantitative estimate of drug-likeness (QED) is 0.711. The summed E-state index contributed by atoms with van der Waals surface area (Å²) in [6.45, 7) is 0.903. The molecule has 0 atom stereocenters. The van der Waals surface area contributed by atoms with E-state index in [0.29, 0.717) is 30.2 Å². The van der Waals surface area contributed by atoms with E-state index >= 15 is 0 Å². The number of ether oxygens (including phenoxy) is 1. The lowest BCUT2D eigenvalue weighted by molar-refractivity contribution is 0.102. The molecule has 0 bridgehead atoms. The molecule has 3 aromatic rings. The van der Waals surface area contributed by atoms with Gasteiger partial charge in [0.2, 0.25) is 0 Å². The van der Waals surface area contributed by atoms with Crippen LogP contribution in [0.2, 0.25) is 0 Å². The Bertz CT molecular complexity index is 832. The van der Waals surface area contributed by atoms with Crippen LogP contribution in [0.3, 0.4) is 0 Å². The first-order valence-corrected chi connectivity index (χ1v) is 7.70. The Kier molecular flexibility index (Phi) is 4.54. The molecule has 0 fully saturated rings. The maximum absolute atomic E-state index is 12.4. The van der Waals surface area contributed by atoms with E-state index in [0.717, 1.165) is 4.60 Å². The highest BCUT2D eigenvalue weighted by atomic mass is 79.9. The minimum Gasteiger partial charge on any atom is -0.492 e. The molecule has 118 valence electrons. The van der Waals surface area contributed by atoms with Crippen molar-refractivity contribution in [1.29, 1.82) is 0 Å². The lowest BCUT2D eigenvalue weighted by Crippen LogP contribution is -2.15. The molecular formula is C15H14BrN5O2. The van der Waals surface area contributed by atoms with Gasteiger partial charge in [-0.15, -0.1) is 0 Å². The summed E-state index contributed by atoms with van der Waals surface area (Å²) in [6, 6.07) is 7.05. The van der Waals surface area contributed by atoms with Crippen molar-refractivity contribution in [2.75, 3.05) is 18.5 Å². The van der Waals surface area contributed by atoms with Gasteiger partial charge in [-0.3, -0.25) is 9.20 Å². The average Bonchev–Trinajstić information content (AvgIpc) is 2.95. The van der Waals surface area contributed by atoms with Crippen LogP contribution in [-0.4, -0.2) is 33.4 Å². The number of benzene rings is 1. The number of halogens is 1. The van der Waals surface area contributed by atoms with Gasteiger partial charge in [-0.2, -0.15) is 0 Å². The molecule has 0 aliphatic carbocycles. The van der Waals surface area contributed by atoms with Crippen LogP contribution < -0.4 is 15.8 Å². The maximum Gasteiger partial charge on any atom is 0.278 e. The highest BCUT2D eigenvalue weighted by molar-refractivity contribution is 9.10. The van der Waals surface area contributed by atoms with Gasteiger partial charge in [0.15, 0.2) is 11.3 Å². The minimum atomic E-state index is -0.329. The molecule has 7 nitrogen and oxygen atoms in total. The van der Waals surface area contributed by atoms with Gasteiger partial charge in [-0.05, 0) is 40.2 Å². The van der Waals surface area contributed by atoms with Crippen molar-refractivity contribution in [2.24, 2.45) is 5.73 Å². The Labute approximate surface area is 140 Å². The number of nitrogens with one attached hydrogen (secondary N) is 1. The number of nitrogens with zero attached hydrogens (tertiary/aromatic N) is 3. The molecular weight excluding hydrogens is 362 g/mol. The summed E-state index contributed by atoms with van der Waals surface area (Å²) in [7, 11) is 0. The topological polar surface area (TPSA) is 94.5 Å². The van der Waals surface area contributed by atoms with Crippen molar-refractivity contribution in [3.63, 3.8) is 0 Å². The molecule has 23 heavy (non-hydrogen) atoms. The van der Waals surface area contributed by atoms with E-state index in [9.17, 15) is 4.79 Å². The van der Waals surface area contributed by atoms with Crippen LogP contribution in [0.5, 0.6) is 5.75 Å². The van der Waals surface area contributed by atoms with Crippen molar-refractivity contribution in [3.05, 3.63) is 53.2 Å². The first-order chi connectivity index (χ1) is 11.2. The van der Waals surface area contributed by atoms with E-state index in [4.69, 9.17) is 10.5 Å². The van der Waals surface area contributed by atoms with E-state index in [1.54, 1.807) is 47.3 Å². The SMILES string of the molecule is NCCOc1ccc(NC(=O)c2nccn3c(Br)cnc23)cc1. The van der Waals surface area contributed by atoms with Crippen molar-refractivity contribution in [3.8, 4) is 5.75 Å². The van der Waals surface area contributed by atoms with Gasteiger partial charge < -0.3 is 15.8 Å². The van der Waals surface area contributed by atoms with Crippen LogP contribution >= 0.6 is 15.9 Å². The number of anilines is 1. The molecule has 0 aliphatic rings. The number of aromatic nitrogens is 3. The molecule has 0 saturated carbocycles. The molecule has 2 heterocycles. The van der Waals surface area contributed by atoms with E-state index in [2.05, 4.69) is 31.2 Å². The zero-order valence-corrected chi connectivity index (χ0v) is 13.7. The van der Waals surface area contributed by atoms with Gasteiger partial charge in [0.1, 0.15) is 17.0 Å². The highest BCUT2D eigenvalue weighted by Crippen LogP contribution is 2.18. The summed E-state index contributed by atoms with van der Waals surface area (Å²) in [5, 5.41) is 2.79. The Morgan fingerprint density at radius 1 is 1.30 bits per heavy atom. The third kappa shape index (κ3) is 3.33. The molecule has 0 spiro atoms. The van der Waals surface area contributed by atoms with Crippen molar-refractivity contribution < 1.29 is 9.53 Å².